The van der Waals surface area contributed by atoms with E-state index in [1.165, 1.54) is 0 Å². The lowest BCUT2D eigenvalue weighted by atomic mass is 10.0. The minimum atomic E-state index is -0.849. The first kappa shape index (κ1) is 27.0. The number of carboxylic acid groups (broad SMARTS) is 1. The molecule has 4 aromatic carbocycles. The third-order valence-electron chi connectivity index (χ3n) is 6.14. The van der Waals surface area contributed by atoms with Gasteiger partial charge in [-0.2, -0.15) is 5.10 Å². The van der Waals surface area contributed by atoms with E-state index in [1.807, 2.05) is 102 Å². The number of benzene rings is 4. The minimum Gasteiger partial charge on any atom is -0.488 e. The van der Waals surface area contributed by atoms with Crippen LogP contribution in [-0.2, 0) is 17.8 Å². The fourth-order valence-electron chi connectivity index (χ4n) is 4.27. The van der Waals surface area contributed by atoms with Crippen LogP contribution in [0.25, 0.3) is 28.2 Å². The van der Waals surface area contributed by atoms with Gasteiger partial charge in [0.15, 0.2) is 0 Å². The molecule has 0 saturated carbocycles. The highest BCUT2D eigenvalue weighted by Crippen LogP contribution is 2.37. The van der Waals surface area contributed by atoms with Gasteiger partial charge in [-0.3, -0.25) is 4.79 Å². The number of nitrogens with zero attached hydrogens (tertiary/aromatic N) is 2. The lowest BCUT2D eigenvalue weighted by Gasteiger charge is -2.13. The molecular formula is C31H23BrCl2N2O3. The van der Waals surface area contributed by atoms with Crippen molar-refractivity contribution in [1.29, 1.82) is 0 Å². The molecule has 5 aromatic rings. The number of carbonyl (C=O) groups is 1. The van der Waals surface area contributed by atoms with Crippen molar-refractivity contribution >= 4 is 45.1 Å². The van der Waals surface area contributed by atoms with Crippen molar-refractivity contribution in [2.24, 2.45) is 0 Å². The van der Waals surface area contributed by atoms with Crippen LogP contribution in [0.1, 0.15) is 17.5 Å². The molecule has 0 amide bonds. The van der Waals surface area contributed by atoms with Crippen molar-refractivity contribution in [3.05, 3.63) is 123 Å². The van der Waals surface area contributed by atoms with Crippen molar-refractivity contribution in [2.75, 3.05) is 0 Å². The second-order valence-corrected chi connectivity index (χ2v) is 10.7. The van der Waals surface area contributed by atoms with Crippen LogP contribution in [0, 0.1) is 0 Å². The van der Waals surface area contributed by atoms with E-state index in [4.69, 9.17) is 33.0 Å². The van der Waals surface area contributed by atoms with Crippen LogP contribution < -0.4 is 4.74 Å². The van der Waals surface area contributed by atoms with Gasteiger partial charge in [-0.05, 0) is 72.1 Å². The average Bonchev–Trinajstić information content (AvgIpc) is 3.36. The molecule has 5 nitrogen and oxygen atoms in total. The van der Waals surface area contributed by atoms with E-state index in [9.17, 15) is 9.90 Å². The molecule has 0 fully saturated rings. The second-order valence-electron chi connectivity index (χ2n) is 8.93. The molecule has 0 spiro atoms. The summed E-state index contributed by atoms with van der Waals surface area (Å²) in [5.41, 5.74) is 5.76. The highest BCUT2D eigenvalue weighted by molar-refractivity contribution is 9.10. The zero-order valence-corrected chi connectivity index (χ0v) is 23.7. The van der Waals surface area contributed by atoms with Crippen molar-refractivity contribution in [3.63, 3.8) is 0 Å². The van der Waals surface area contributed by atoms with Crippen molar-refractivity contribution in [1.82, 2.24) is 9.78 Å². The number of hydrogen-bond donors (Lipinski definition) is 1. The summed E-state index contributed by atoms with van der Waals surface area (Å²) in [7, 11) is 0. The summed E-state index contributed by atoms with van der Waals surface area (Å²) in [6.45, 7) is 0.311. The second kappa shape index (κ2) is 12.1. The number of halogens is 3. The first-order valence-electron chi connectivity index (χ1n) is 12.2. The van der Waals surface area contributed by atoms with E-state index in [2.05, 4.69) is 15.9 Å². The fraction of sp³-hybridized carbons (Fsp3) is 0.0968. The molecule has 0 atom stereocenters. The molecule has 196 valence electrons. The molecule has 0 aliphatic heterocycles. The maximum atomic E-state index is 11.2. The van der Waals surface area contributed by atoms with Crippen LogP contribution in [0.4, 0.5) is 0 Å². The fourth-order valence-corrected chi connectivity index (χ4v) is 5.10. The van der Waals surface area contributed by atoms with Gasteiger partial charge in [0.1, 0.15) is 12.4 Å². The Balaban J connectivity index is 1.63. The first-order chi connectivity index (χ1) is 18.9. The van der Waals surface area contributed by atoms with Crippen LogP contribution in [0.5, 0.6) is 5.75 Å². The lowest BCUT2D eigenvalue weighted by molar-refractivity contribution is -0.136. The van der Waals surface area contributed by atoms with E-state index in [-0.39, 0.29) is 6.42 Å². The van der Waals surface area contributed by atoms with Crippen molar-refractivity contribution in [2.45, 2.75) is 19.4 Å². The van der Waals surface area contributed by atoms with E-state index in [0.29, 0.717) is 34.5 Å². The van der Waals surface area contributed by atoms with Gasteiger partial charge in [0, 0.05) is 27.0 Å². The normalized spacial score (nSPS) is 10.9. The van der Waals surface area contributed by atoms with E-state index in [1.54, 1.807) is 0 Å². The predicted octanol–water partition coefficient (Wildman–Crippen LogP) is 8.87. The van der Waals surface area contributed by atoms with Gasteiger partial charge in [0.05, 0.1) is 22.1 Å². The van der Waals surface area contributed by atoms with E-state index >= 15 is 0 Å². The number of hydrogen-bond acceptors (Lipinski definition) is 3. The Morgan fingerprint density at radius 1 is 0.897 bits per heavy atom. The summed E-state index contributed by atoms with van der Waals surface area (Å²) >= 11 is 16.3. The van der Waals surface area contributed by atoms with Crippen LogP contribution in [0.15, 0.2) is 102 Å². The number of carboxylic acids is 1. The summed E-state index contributed by atoms with van der Waals surface area (Å²) in [6.07, 6.45) is 0.417. The van der Waals surface area contributed by atoms with Gasteiger partial charge < -0.3 is 9.84 Å². The molecule has 5 rings (SSSR count). The smallest absolute Gasteiger partial charge is 0.303 e. The highest BCUT2D eigenvalue weighted by atomic mass is 79.9. The molecule has 1 heterocycles. The lowest BCUT2D eigenvalue weighted by Crippen LogP contribution is -2.02. The van der Waals surface area contributed by atoms with Crippen LogP contribution in [0.3, 0.4) is 0 Å². The van der Waals surface area contributed by atoms with Crippen molar-refractivity contribution in [3.8, 4) is 34.0 Å². The molecular weight excluding hydrogens is 599 g/mol. The number of aromatic nitrogens is 2. The molecule has 0 bridgehead atoms. The molecule has 39 heavy (non-hydrogen) atoms. The van der Waals surface area contributed by atoms with Gasteiger partial charge in [0.2, 0.25) is 0 Å². The summed E-state index contributed by atoms with van der Waals surface area (Å²) in [6, 6.07) is 30.7. The Bertz CT molecular complexity index is 1650. The SMILES string of the molecule is O=C(O)CCc1ccc(OCc2cccc(Cl)c2)c(-c2cc(-c3cccc(Br)c3)n(-c3ccccc3Cl)n2)c1. The van der Waals surface area contributed by atoms with E-state index in [0.717, 1.165) is 38.1 Å². The van der Waals surface area contributed by atoms with Gasteiger partial charge in [-0.25, -0.2) is 4.68 Å². The number of ether oxygens (including phenoxy) is 1. The molecule has 0 saturated heterocycles. The Morgan fingerprint density at radius 2 is 1.72 bits per heavy atom. The Hall–Kier alpha value is -3.58. The van der Waals surface area contributed by atoms with Crippen LogP contribution >= 0.6 is 39.1 Å². The summed E-state index contributed by atoms with van der Waals surface area (Å²) in [5, 5.41) is 15.4. The topological polar surface area (TPSA) is 64.3 Å². The Labute approximate surface area is 244 Å². The third kappa shape index (κ3) is 6.53. The summed E-state index contributed by atoms with van der Waals surface area (Å²) in [4.78, 5) is 11.2. The van der Waals surface area contributed by atoms with Gasteiger partial charge in [-0.15, -0.1) is 0 Å². The number of rotatable bonds is 9. The molecule has 0 unspecified atom stereocenters. The molecule has 1 N–H and O–H groups in total. The highest BCUT2D eigenvalue weighted by Gasteiger charge is 2.19. The quantitative estimate of drug-likeness (QED) is 0.178. The third-order valence-corrected chi connectivity index (χ3v) is 7.19. The molecule has 1 aromatic heterocycles. The standard InChI is InChI=1S/C31H23BrCl2N2O3/c32-23-7-4-6-22(17-23)29-18-27(35-36(29)28-10-2-1-9-26(28)34)25-16-20(12-14-31(37)38)11-13-30(25)39-19-21-5-3-8-24(33)15-21/h1-11,13,15-18H,12,14,19H2,(H,37,38). The van der Waals surface area contributed by atoms with Gasteiger partial charge in [-0.1, -0.05) is 81.6 Å². The first-order valence-corrected chi connectivity index (χ1v) is 13.8. The largest absolute Gasteiger partial charge is 0.488 e. The predicted molar refractivity (Wildman–Crippen MR) is 159 cm³/mol. The number of aryl methyl sites for hydroxylation is 1. The molecule has 0 aliphatic carbocycles. The Morgan fingerprint density at radius 3 is 2.49 bits per heavy atom. The number of aliphatic carboxylic acids is 1. The maximum absolute atomic E-state index is 11.2. The minimum absolute atomic E-state index is 0.0273. The zero-order chi connectivity index (χ0) is 27.4. The molecule has 0 radical (unpaired) electrons. The van der Waals surface area contributed by atoms with Gasteiger partial charge >= 0.3 is 5.97 Å². The van der Waals surface area contributed by atoms with Gasteiger partial charge in [0.25, 0.3) is 0 Å². The number of para-hydroxylation sites is 1. The molecule has 0 aliphatic rings. The maximum Gasteiger partial charge on any atom is 0.303 e. The average molecular weight is 622 g/mol. The van der Waals surface area contributed by atoms with Crippen molar-refractivity contribution < 1.29 is 14.6 Å². The van der Waals surface area contributed by atoms with E-state index < -0.39 is 5.97 Å². The molecule has 8 heteroatoms. The van der Waals surface area contributed by atoms with Crippen LogP contribution in [-0.4, -0.2) is 20.9 Å². The summed E-state index contributed by atoms with van der Waals surface area (Å²) in [5.74, 6) is -0.226. The zero-order valence-electron chi connectivity index (χ0n) is 20.7. The van der Waals surface area contributed by atoms with Crippen LogP contribution in [0.2, 0.25) is 10.0 Å². The summed E-state index contributed by atoms with van der Waals surface area (Å²) < 4.78 is 9.02. The Kier molecular flexibility index (Phi) is 8.36. The monoisotopic (exact) mass is 620 g/mol.